The van der Waals surface area contributed by atoms with E-state index in [9.17, 15) is 13.2 Å². The summed E-state index contributed by atoms with van der Waals surface area (Å²) in [6.45, 7) is 0. The molecule has 1 heterocycles. The smallest absolute Gasteiger partial charge is 0.406 e. The monoisotopic (exact) mass is 302 g/mol. The Morgan fingerprint density at radius 3 is 2.35 bits per heavy atom. The fourth-order valence-corrected chi connectivity index (χ4v) is 1.93. The first kappa shape index (κ1) is 14.6. The molecular formula is C13H10ClF3N2O. The van der Waals surface area contributed by atoms with E-state index in [1.54, 1.807) is 12.3 Å². The van der Waals surface area contributed by atoms with Crippen molar-refractivity contribution in [1.29, 1.82) is 0 Å². The van der Waals surface area contributed by atoms with Gasteiger partial charge in [-0.3, -0.25) is 4.98 Å². The highest BCUT2D eigenvalue weighted by Gasteiger charge is 2.31. The molecule has 0 saturated carbocycles. The SMILES string of the molecule is N[C@H](c1ccc(OC(F)(F)F)cc1)c1ccncc1Cl. The van der Waals surface area contributed by atoms with E-state index in [1.165, 1.54) is 30.5 Å². The number of rotatable bonds is 3. The number of pyridine rings is 1. The first-order valence-electron chi connectivity index (χ1n) is 5.57. The maximum atomic E-state index is 12.0. The summed E-state index contributed by atoms with van der Waals surface area (Å²) in [4.78, 5) is 3.84. The summed E-state index contributed by atoms with van der Waals surface area (Å²) < 4.78 is 39.9. The third-order valence-corrected chi connectivity index (χ3v) is 2.93. The quantitative estimate of drug-likeness (QED) is 0.941. The molecule has 0 aliphatic carbocycles. The summed E-state index contributed by atoms with van der Waals surface area (Å²) in [7, 11) is 0. The van der Waals surface area contributed by atoms with E-state index < -0.39 is 12.4 Å². The van der Waals surface area contributed by atoms with Gasteiger partial charge in [0.25, 0.3) is 0 Å². The summed E-state index contributed by atoms with van der Waals surface area (Å²) in [5, 5.41) is 0.399. The highest BCUT2D eigenvalue weighted by Crippen LogP contribution is 2.28. The molecule has 2 N–H and O–H groups in total. The van der Waals surface area contributed by atoms with Crippen molar-refractivity contribution in [2.24, 2.45) is 5.73 Å². The van der Waals surface area contributed by atoms with Crippen molar-refractivity contribution >= 4 is 11.6 Å². The second-order valence-electron chi connectivity index (χ2n) is 3.99. The summed E-state index contributed by atoms with van der Waals surface area (Å²) in [6, 6.07) is 6.44. The minimum atomic E-state index is -4.71. The predicted molar refractivity (Wildman–Crippen MR) is 68.4 cm³/mol. The van der Waals surface area contributed by atoms with Crippen LogP contribution in [0.2, 0.25) is 5.02 Å². The Morgan fingerprint density at radius 1 is 1.15 bits per heavy atom. The van der Waals surface area contributed by atoms with Gasteiger partial charge in [-0.25, -0.2) is 0 Å². The van der Waals surface area contributed by atoms with E-state index in [2.05, 4.69) is 9.72 Å². The van der Waals surface area contributed by atoms with Crippen molar-refractivity contribution in [1.82, 2.24) is 4.98 Å². The molecule has 2 aromatic rings. The van der Waals surface area contributed by atoms with Crippen LogP contribution in [0, 0.1) is 0 Å². The number of aromatic nitrogens is 1. The van der Waals surface area contributed by atoms with Crippen LogP contribution in [0.3, 0.4) is 0 Å². The van der Waals surface area contributed by atoms with Crippen LogP contribution in [0.25, 0.3) is 0 Å². The van der Waals surface area contributed by atoms with Gasteiger partial charge in [0.05, 0.1) is 11.1 Å². The number of alkyl halides is 3. The molecule has 0 saturated heterocycles. The molecule has 20 heavy (non-hydrogen) atoms. The van der Waals surface area contributed by atoms with Gasteiger partial charge in [0.15, 0.2) is 0 Å². The van der Waals surface area contributed by atoms with Crippen molar-refractivity contribution in [2.45, 2.75) is 12.4 Å². The lowest BCUT2D eigenvalue weighted by Crippen LogP contribution is -2.17. The molecule has 0 amide bonds. The topological polar surface area (TPSA) is 48.1 Å². The molecule has 1 aromatic carbocycles. The van der Waals surface area contributed by atoms with Gasteiger partial charge in [-0.05, 0) is 29.3 Å². The summed E-state index contributed by atoms with van der Waals surface area (Å²) in [6.07, 6.45) is -1.71. The fourth-order valence-electron chi connectivity index (χ4n) is 1.69. The minimum absolute atomic E-state index is 0.297. The number of nitrogens with zero attached hydrogens (tertiary/aromatic N) is 1. The third kappa shape index (κ3) is 3.61. The second-order valence-corrected chi connectivity index (χ2v) is 4.40. The Labute approximate surface area is 118 Å². The molecule has 3 nitrogen and oxygen atoms in total. The van der Waals surface area contributed by atoms with E-state index in [4.69, 9.17) is 17.3 Å². The van der Waals surface area contributed by atoms with E-state index >= 15 is 0 Å². The standard InChI is InChI=1S/C13H10ClF3N2O/c14-11-7-19-6-5-10(11)12(18)8-1-3-9(4-2-8)20-13(15,16)17/h1-7,12H,18H2/t12-/m1/s1. The summed E-state index contributed by atoms with van der Waals surface area (Å²) in [5.74, 6) is -0.297. The van der Waals surface area contributed by atoms with Crippen LogP contribution in [0.5, 0.6) is 5.75 Å². The Morgan fingerprint density at radius 2 is 1.80 bits per heavy atom. The molecule has 7 heteroatoms. The number of hydrogen-bond acceptors (Lipinski definition) is 3. The van der Waals surface area contributed by atoms with Gasteiger partial charge in [-0.2, -0.15) is 0 Å². The first-order chi connectivity index (χ1) is 9.37. The maximum absolute atomic E-state index is 12.0. The molecule has 0 spiro atoms. The van der Waals surface area contributed by atoms with Crippen LogP contribution >= 0.6 is 11.6 Å². The van der Waals surface area contributed by atoms with Crippen molar-refractivity contribution in [2.75, 3.05) is 0 Å². The molecule has 0 unspecified atom stereocenters. The van der Waals surface area contributed by atoms with Crippen LogP contribution in [-0.4, -0.2) is 11.3 Å². The van der Waals surface area contributed by atoms with E-state index in [0.29, 0.717) is 16.1 Å². The second kappa shape index (κ2) is 5.68. The lowest BCUT2D eigenvalue weighted by atomic mass is 10.0. The van der Waals surface area contributed by atoms with Gasteiger partial charge in [-0.1, -0.05) is 23.7 Å². The molecular weight excluding hydrogens is 293 g/mol. The molecule has 106 valence electrons. The molecule has 0 bridgehead atoms. The van der Waals surface area contributed by atoms with Gasteiger partial charge in [-0.15, -0.1) is 13.2 Å². The zero-order valence-electron chi connectivity index (χ0n) is 10.1. The Balaban J connectivity index is 2.20. The molecule has 1 aromatic heterocycles. The number of ether oxygens (including phenoxy) is 1. The minimum Gasteiger partial charge on any atom is -0.406 e. The van der Waals surface area contributed by atoms with E-state index in [-0.39, 0.29) is 5.75 Å². The van der Waals surface area contributed by atoms with Gasteiger partial charge >= 0.3 is 6.36 Å². The molecule has 1 atom stereocenters. The first-order valence-corrected chi connectivity index (χ1v) is 5.95. The highest BCUT2D eigenvalue weighted by atomic mass is 35.5. The third-order valence-electron chi connectivity index (χ3n) is 2.61. The van der Waals surface area contributed by atoms with Gasteiger partial charge in [0.1, 0.15) is 5.75 Å². The highest BCUT2D eigenvalue weighted by molar-refractivity contribution is 6.31. The maximum Gasteiger partial charge on any atom is 0.573 e. The lowest BCUT2D eigenvalue weighted by Gasteiger charge is -2.15. The summed E-state index contributed by atoms with van der Waals surface area (Å²) in [5.41, 5.74) is 7.28. The largest absolute Gasteiger partial charge is 0.573 e. The predicted octanol–water partition coefficient (Wildman–Crippen LogP) is 3.68. The van der Waals surface area contributed by atoms with E-state index in [0.717, 1.165) is 0 Å². The van der Waals surface area contributed by atoms with Crippen LogP contribution in [-0.2, 0) is 0 Å². The lowest BCUT2D eigenvalue weighted by molar-refractivity contribution is -0.274. The molecule has 0 fully saturated rings. The average molecular weight is 303 g/mol. The average Bonchev–Trinajstić information content (AvgIpc) is 2.37. The zero-order valence-corrected chi connectivity index (χ0v) is 10.8. The zero-order chi connectivity index (χ0) is 14.8. The summed E-state index contributed by atoms with van der Waals surface area (Å²) >= 11 is 5.97. The van der Waals surface area contributed by atoms with E-state index in [1.807, 2.05) is 0 Å². The van der Waals surface area contributed by atoms with Gasteiger partial charge in [0.2, 0.25) is 0 Å². The van der Waals surface area contributed by atoms with Gasteiger partial charge < -0.3 is 10.5 Å². The Kier molecular flexibility index (Phi) is 4.15. The van der Waals surface area contributed by atoms with Crippen LogP contribution in [0.4, 0.5) is 13.2 Å². The molecule has 2 rings (SSSR count). The van der Waals surface area contributed by atoms with Gasteiger partial charge in [0, 0.05) is 12.4 Å². The van der Waals surface area contributed by atoms with Crippen molar-refractivity contribution < 1.29 is 17.9 Å². The van der Waals surface area contributed by atoms with Crippen LogP contribution in [0.1, 0.15) is 17.2 Å². The number of halogens is 4. The van der Waals surface area contributed by atoms with Crippen LogP contribution < -0.4 is 10.5 Å². The van der Waals surface area contributed by atoms with Crippen molar-refractivity contribution in [3.8, 4) is 5.75 Å². The molecule has 0 radical (unpaired) electrons. The van der Waals surface area contributed by atoms with Crippen molar-refractivity contribution in [3.05, 3.63) is 58.9 Å². The number of hydrogen-bond donors (Lipinski definition) is 1. The molecule has 0 aliphatic heterocycles. The number of nitrogens with two attached hydrogens (primary N) is 1. The van der Waals surface area contributed by atoms with Crippen LogP contribution in [0.15, 0.2) is 42.7 Å². The Hall–Kier alpha value is -1.79. The number of benzene rings is 1. The molecule has 0 aliphatic rings. The van der Waals surface area contributed by atoms with Crippen molar-refractivity contribution in [3.63, 3.8) is 0 Å². The fraction of sp³-hybridized carbons (Fsp3) is 0.154. The normalized spacial score (nSPS) is 13.1. The Bertz CT molecular complexity index is 587.